The van der Waals surface area contributed by atoms with Crippen molar-refractivity contribution in [1.29, 1.82) is 0 Å². The molecule has 0 saturated heterocycles. The van der Waals surface area contributed by atoms with Gasteiger partial charge >= 0.3 is 0 Å². The van der Waals surface area contributed by atoms with E-state index in [2.05, 4.69) is 15.9 Å². The van der Waals surface area contributed by atoms with Crippen LogP contribution in [-0.2, 0) is 15.5 Å². The van der Waals surface area contributed by atoms with Crippen LogP contribution in [0, 0.1) is 0 Å². The second kappa shape index (κ2) is 3.64. The summed E-state index contributed by atoms with van der Waals surface area (Å²) >= 11 is 3.50. The summed E-state index contributed by atoms with van der Waals surface area (Å²) in [5.41, 5.74) is 2.04. The summed E-state index contributed by atoms with van der Waals surface area (Å²) < 4.78 is 22.3. The summed E-state index contributed by atoms with van der Waals surface area (Å²) in [7, 11) is 3.56. The first-order chi connectivity index (χ1) is 6.89. The summed E-state index contributed by atoms with van der Waals surface area (Å²) in [5, 5.41) is 0. The van der Waals surface area contributed by atoms with Gasteiger partial charge in [-0.1, -0.05) is 22.0 Å². The predicted molar refractivity (Wildman–Crippen MR) is 64.3 cm³/mol. The van der Waals surface area contributed by atoms with Crippen LogP contribution in [0.1, 0.15) is 5.56 Å². The smallest absolute Gasteiger partial charge is 0.261 e. The lowest BCUT2D eigenvalue weighted by molar-refractivity contribution is 0.609. The zero-order valence-electron chi connectivity index (χ0n) is 7.94. The Kier molecular flexibility index (Phi) is 2.73. The molecule has 0 aromatic heterocycles. The highest BCUT2D eigenvalue weighted by atomic mass is 79.9. The second-order valence-corrected chi connectivity index (χ2v) is 7.10. The zero-order chi connectivity index (χ0) is 11.2. The number of benzene rings is 1. The number of alkyl halides is 1. The molecule has 1 aromatic rings. The van der Waals surface area contributed by atoms with E-state index >= 15 is 0 Å². The van der Waals surface area contributed by atoms with Gasteiger partial charge in [-0.15, -0.1) is 0 Å². The molecule has 82 valence electrons. The topological polar surface area (TPSA) is 37.4 Å². The van der Waals surface area contributed by atoms with E-state index in [9.17, 15) is 8.42 Å². The first kappa shape index (κ1) is 11.2. The summed E-state index contributed by atoms with van der Waals surface area (Å²) in [6.45, 7) is 0. The molecule has 15 heavy (non-hydrogen) atoms. The van der Waals surface area contributed by atoms with Gasteiger partial charge in [0.15, 0.2) is 0 Å². The molecule has 0 aliphatic carbocycles. The molecule has 3 nitrogen and oxygen atoms in total. The number of halogens is 2. The predicted octanol–water partition coefficient (Wildman–Crippen LogP) is 2.33. The van der Waals surface area contributed by atoms with E-state index in [1.54, 1.807) is 12.1 Å². The Bertz CT molecular complexity index is 503. The minimum absolute atomic E-state index is 0.149. The SMILES string of the molecule is CN1c2cc(S(=O)(=O)Cl)ccc2CC1Br. The zero-order valence-corrected chi connectivity index (χ0v) is 11.1. The molecular formula is C9H9BrClNO2S. The number of anilines is 1. The third-order valence-electron chi connectivity index (χ3n) is 2.53. The molecular weight excluding hydrogens is 302 g/mol. The van der Waals surface area contributed by atoms with Crippen LogP contribution in [0.25, 0.3) is 0 Å². The van der Waals surface area contributed by atoms with E-state index in [0.29, 0.717) is 0 Å². The van der Waals surface area contributed by atoms with Gasteiger partial charge in [-0.05, 0) is 17.7 Å². The minimum atomic E-state index is -3.64. The Hall–Kier alpha value is -0.260. The van der Waals surface area contributed by atoms with Crippen molar-refractivity contribution in [3.8, 4) is 0 Å². The molecule has 0 bridgehead atoms. The third kappa shape index (κ3) is 2.00. The molecule has 2 rings (SSSR count). The average Bonchev–Trinajstić information content (AvgIpc) is 2.41. The molecule has 6 heteroatoms. The third-order valence-corrected chi connectivity index (χ3v) is 4.82. The maximum absolute atomic E-state index is 11.2. The fourth-order valence-electron chi connectivity index (χ4n) is 1.67. The summed E-state index contributed by atoms with van der Waals surface area (Å²) in [4.78, 5) is 2.36. The molecule has 0 amide bonds. The summed E-state index contributed by atoms with van der Waals surface area (Å²) in [6, 6.07) is 4.96. The molecule has 1 unspecified atom stereocenters. The van der Waals surface area contributed by atoms with Crippen LogP contribution in [0.5, 0.6) is 0 Å². The van der Waals surface area contributed by atoms with E-state index in [4.69, 9.17) is 10.7 Å². The highest BCUT2D eigenvalue weighted by molar-refractivity contribution is 9.09. The van der Waals surface area contributed by atoms with Crippen molar-refractivity contribution in [2.45, 2.75) is 16.3 Å². The first-order valence-corrected chi connectivity index (χ1v) is 7.56. The number of hydrogen-bond acceptors (Lipinski definition) is 3. The Balaban J connectivity index is 2.54. The van der Waals surface area contributed by atoms with E-state index in [-0.39, 0.29) is 9.85 Å². The van der Waals surface area contributed by atoms with E-state index in [1.807, 2.05) is 18.0 Å². The summed E-state index contributed by atoms with van der Waals surface area (Å²) in [5.74, 6) is 0. The van der Waals surface area contributed by atoms with Gasteiger partial charge in [-0.3, -0.25) is 0 Å². The molecule has 0 spiro atoms. The van der Waals surface area contributed by atoms with Crippen molar-refractivity contribution in [3.05, 3.63) is 23.8 Å². The Morgan fingerprint density at radius 1 is 1.53 bits per heavy atom. The number of rotatable bonds is 1. The second-order valence-electron chi connectivity index (χ2n) is 3.48. The van der Waals surface area contributed by atoms with Crippen LogP contribution >= 0.6 is 26.6 Å². The molecule has 1 aromatic carbocycles. The molecule has 0 radical (unpaired) electrons. The van der Waals surface area contributed by atoms with Crippen molar-refractivity contribution in [1.82, 2.24) is 0 Å². The van der Waals surface area contributed by atoms with Crippen molar-refractivity contribution in [2.24, 2.45) is 0 Å². The maximum atomic E-state index is 11.2. The lowest BCUT2D eigenvalue weighted by Crippen LogP contribution is -2.20. The Morgan fingerprint density at radius 2 is 2.20 bits per heavy atom. The highest BCUT2D eigenvalue weighted by Gasteiger charge is 2.25. The molecule has 1 aliphatic rings. The first-order valence-electron chi connectivity index (χ1n) is 4.34. The number of likely N-dealkylation sites (N-methyl/N-ethyl adjacent to an activating group) is 1. The standard InChI is InChI=1S/C9H9BrClNO2S/c1-12-8-5-7(15(11,13)14)3-2-6(8)4-9(12)10/h2-3,5,9H,4H2,1H3. The average molecular weight is 311 g/mol. The van der Waals surface area contributed by atoms with Gasteiger partial charge in [-0.2, -0.15) is 0 Å². The van der Waals surface area contributed by atoms with Crippen LogP contribution < -0.4 is 4.90 Å². The fourth-order valence-corrected chi connectivity index (χ4v) is 3.01. The van der Waals surface area contributed by atoms with Crippen molar-refractivity contribution < 1.29 is 8.42 Å². The minimum Gasteiger partial charge on any atom is -0.361 e. The van der Waals surface area contributed by atoms with Crippen LogP contribution in [0.4, 0.5) is 5.69 Å². The molecule has 1 heterocycles. The molecule has 0 N–H and O–H groups in total. The van der Waals surface area contributed by atoms with Crippen LogP contribution in [0.3, 0.4) is 0 Å². The van der Waals surface area contributed by atoms with Crippen LogP contribution in [0.2, 0.25) is 0 Å². The van der Waals surface area contributed by atoms with Gasteiger partial charge in [0, 0.05) is 29.8 Å². The number of nitrogens with zero attached hydrogens (tertiary/aromatic N) is 1. The van der Waals surface area contributed by atoms with Crippen LogP contribution in [-0.4, -0.2) is 20.4 Å². The van der Waals surface area contributed by atoms with Crippen molar-refractivity contribution >= 4 is 41.4 Å². The molecule has 0 saturated carbocycles. The van der Waals surface area contributed by atoms with Crippen molar-refractivity contribution in [3.63, 3.8) is 0 Å². The van der Waals surface area contributed by atoms with E-state index in [0.717, 1.165) is 17.7 Å². The van der Waals surface area contributed by atoms with Gasteiger partial charge in [0.05, 0.1) is 9.85 Å². The Labute approximate surface area is 102 Å². The van der Waals surface area contributed by atoms with Gasteiger partial charge in [0.1, 0.15) is 0 Å². The molecule has 1 atom stereocenters. The van der Waals surface area contributed by atoms with E-state index in [1.165, 1.54) is 0 Å². The fraction of sp³-hybridized carbons (Fsp3) is 0.333. The molecule has 0 fully saturated rings. The largest absolute Gasteiger partial charge is 0.361 e. The van der Waals surface area contributed by atoms with Crippen molar-refractivity contribution in [2.75, 3.05) is 11.9 Å². The number of fused-ring (bicyclic) bond motifs is 1. The lowest BCUT2D eigenvalue weighted by atomic mass is 10.2. The van der Waals surface area contributed by atoms with Crippen LogP contribution in [0.15, 0.2) is 23.1 Å². The normalized spacial score (nSPS) is 20.5. The van der Waals surface area contributed by atoms with E-state index < -0.39 is 9.05 Å². The Morgan fingerprint density at radius 3 is 2.80 bits per heavy atom. The number of hydrogen-bond donors (Lipinski definition) is 0. The quantitative estimate of drug-likeness (QED) is 0.454. The van der Waals surface area contributed by atoms with Gasteiger partial charge in [0.25, 0.3) is 9.05 Å². The summed E-state index contributed by atoms with van der Waals surface area (Å²) in [6.07, 6.45) is 0.869. The lowest BCUT2D eigenvalue weighted by Gasteiger charge is -2.16. The molecule has 1 aliphatic heterocycles. The highest BCUT2D eigenvalue weighted by Crippen LogP contribution is 2.35. The van der Waals surface area contributed by atoms with Gasteiger partial charge in [-0.25, -0.2) is 8.42 Å². The van der Waals surface area contributed by atoms with Gasteiger partial charge < -0.3 is 4.90 Å². The van der Waals surface area contributed by atoms with Gasteiger partial charge in [0.2, 0.25) is 0 Å². The maximum Gasteiger partial charge on any atom is 0.261 e. The monoisotopic (exact) mass is 309 g/mol.